The molecule has 0 spiro atoms. The monoisotopic (exact) mass is 339 g/mol. The minimum Gasteiger partial charge on any atom is -0.482 e. The van der Waals surface area contributed by atoms with Crippen LogP contribution >= 0.6 is 0 Å². The van der Waals surface area contributed by atoms with Crippen molar-refractivity contribution in [1.29, 1.82) is 0 Å². The van der Waals surface area contributed by atoms with Gasteiger partial charge in [-0.1, -0.05) is 23.8 Å². The summed E-state index contributed by atoms with van der Waals surface area (Å²) >= 11 is 0. The molecule has 0 aliphatic heterocycles. The van der Waals surface area contributed by atoms with Crippen molar-refractivity contribution in [2.24, 2.45) is 0 Å². The Balaban J connectivity index is 1.40. The van der Waals surface area contributed by atoms with E-state index in [1.54, 1.807) is 12.1 Å². The topological polar surface area (TPSA) is 64.6 Å². The van der Waals surface area contributed by atoms with Gasteiger partial charge in [0, 0.05) is 5.69 Å². The van der Waals surface area contributed by atoms with Gasteiger partial charge in [0.15, 0.2) is 13.2 Å². The Hall–Kier alpha value is -2.82. The van der Waals surface area contributed by atoms with Gasteiger partial charge in [-0.25, -0.2) is 4.79 Å². The molecule has 130 valence electrons. The zero-order valence-corrected chi connectivity index (χ0v) is 14.2. The van der Waals surface area contributed by atoms with Crippen molar-refractivity contribution in [2.75, 3.05) is 18.5 Å². The Labute approximate surface area is 147 Å². The summed E-state index contributed by atoms with van der Waals surface area (Å²) in [5, 5.41) is 2.67. The Bertz CT molecular complexity index is 768. The molecule has 0 saturated carbocycles. The summed E-state index contributed by atoms with van der Waals surface area (Å²) in [6.45, 7) is 1.42. The first kappa shape index (κ1) is 17.0. The molecule has 2 aromatic rings. The van der Waals surface area contributed by atoms with Crippen LogP contribution in [-0.2, 0) is 27.2 Å². The second-order valence-electron chi connectivity index (χ2n) is 6.15. The van der Waals surface area contributed by atoms with Gasteiger partial charge in [-0.05, 0) is 61.6 Å². The summed E-state index contributed by atoms with van der Waals surface area (Å²) in [4.78, 5) is 23.5. The number of anilines is 1. The highest BCUT2D eigenvalue weighted by molar-refractivity contribution is 5.92. The van der Waals surface area contributed by atoms with Crippen LogP contribution in [0.25, 0.3) is 0 Å². The van der Waals surface area contributed by atoms with Crippen molar-refractivity contribution in [3.63, 3.8) is 0 Å². The molecule has 0 radical (unpaired) electrons. The van der Waals surface area contributed by atoms with Crippen molar-refractivity contribution < 1.29 is 19.1 Å². The number of hydrogen-bond acceptors (Lipinski definition) is 4. The molecule has 0 heterocycles. The van der Waals surface area contributed by atoms with Crippen LogP contribution in [0.15, 0.2) is 42.5 Å². The molecule has 0 unspecified atom stereocenters. The zero-order valence-electron chi connectivity index (χ0n) is 14.2. The maximum absolute atomic E-state index is 11.8. The first-order valence-corrected chi connectivity index (χ1v) is 8.37. The van der Waals surface area contributed by atoms with Gasteiger partial charge < -0.3 is 14.8 Å². The standard InChI is InChI=1S/C20H21NO4/c1-14-5-8-17(9-6-14)21-19(22)12-25-20(23)13-24-18-10-7-15-3-2-4-16(15)11-18/h5-11H,2-4,12-13H2,1H3,(H,21,22). The van der Waals surface area contributed by atoms with E-state index in [0.717, 1.165) is 24.8 Å². The maximum Gasteiger partial charge on any atom is 0.344 e. The van der Waals surface area contributed by atoms with Crippen LogP contribution in [0.2, 0.25) is 0 Å². The van der Waals surface area contributed by atoms with Crippen LogP contribution in [0.1, 0.15) is 23.1 Å². The largest absolute Gasteiger partial charge is 0.482 e. The van der Waals surface area contributed by atoms with E-state index in [1.165, 1.54) is 11.1 Å². The predicted octanol–water partition coefficient (Wildman–Crippen LogP) is 3.04. The van der Waals surface area contributed by atoms with Gasteiger partial charge in [0.05, 0.1) is 0 Å². The lowest BCUT2D eigenvalue weighted by Gasteiger charge is -2.09. The number of carbonyl (C=O) groups is 2. The third-order valence-electron chi connectivity index (χ3n) is 4.13. The number of carbonyl (C=O) groups excluding carboxylic acids is 2. The van der Waals surface area contributed by atoms with Crippen LogP contribution in [0, 0.1) is 6.92 Å². The van der Waals surface area contributed by atoms with E-state index in [2.05, 4.69) is 5.32 Å². The van der Waals surface area contributed by atoms with Crippen molar-refractivity contribution >= 4 is 17.6 Å². The van der Waals surface area contributed by atoms with Gasteiger partial charge in [-0.3, -0.25) is 4.79 Å². The Morgan fingerprint density at radius 2 is 1.76 bits per heavy atom. The molecule has 0 bridgehead atoms. The van der Waals surface area contributed by atoms with Gasteiger partial charge in [0.2, 0.25) is 0 Å². The second kappa shape index (κ2) is 7.83. The van der Waals surface area contributed by atoms with Crippen LogP contribution in [-0.4, -0.2) is 25.1 Å². The second-order valence-corrected chi connectivity index (χ2v) is 6.15. The summed E-state index contributed by atoms with van der Waals surface area (Å²) in [6, 6.07) is 13.3. The van der Waals surface area contributed by atoms with Gasteiger partial charge in [-0.2, -0.15) is 0 Å². The molecule has 1 aliphatic carbocycles. The highest BCUT2D eigenvalue weighted by atomic mass is 16.6. The molecular weight excluding hydrogens is 318 g/mol. The summed E-state index contributed by atoms with van der Waals surface area (Å²) in [5.74, 6) is -0.295. The maximum atomic E-state index is 11.8. The average molecular weight is 339 g/mol. The Kier molecular flexibility index (Phi) is 5.33. The third-order valence-corrected chi connectivity index (χ3v) is 4.13. The van der Waals surface area contributed by atoms with Crippen molar-refractivity contribution in [3.05, 3.63) is 59.2 Å². The summed E-state index contributed by atoms with van der Waals surface area (Å²) < 4.78 is 10.4. The van der Waals surface area contributed by atoms with Crippen LogP contribution in [0.4, 0.5) is 5.69 Å². The highest BCUT2D eigenvalue weighted by Crippen LogP contribution is 2.25. The van der Waals surface area contributed by atoms with Crippen LogP contribution in [0.5, 0.6) is 5.75 Å². The number of aryl methyl sites for hydroxylation is 3. The predicted molar refractivity (Wildman–Crippen MR) is 94.7 cm³/mol. The highest BCUT2D eigenvalue weighted by Gasteiger charge is 2.13. The van der Waals surface area contributed by atoms with Gasteiger partial charge in [-0.15, -0.1) is 0 Å². The summed E-state index contributed by atoms with van der Waals surface area (Å²) in [6.07, 6.45) is 3.32. The number of benzene rings is 2. The van der Waals surface area contributed by atoms with E-state index in [0.29, 0.717) is 11.4 Å². The van der Waals surface area contributed by atoms with Gasteiger partial charge in [0.1, 0.15) is 5.75 Å². The van der Waals surface area contributed by atoms with Crippen LogP contribution < -0.4 is 10.1 Å². The quantitative estimate of drug-likeness (QED) is 0.822. The molecule has 5 nitrogen and oxygen atoms in total. The number of nitrogens with one attached hydrogen (secondary N) is 1. The van der Waals surface area contributed by atoms with E-state index in [9.17, 15) is 9.59 Å². The number of amides is 1. The van der Waals surface area contributed by atoms with Crippen molar-refractivity contribution in [3.8, 4) is 5.75 Å². The summed E-state index contributed by atoms with van der Waals surface area (Å²) in [5.41, 5.74) is 4.40. The molecule has 5 heteroatoms. The number of esters is 1. The fourth-order valence-electron chi connectivity index (χ4n) is 2.80. The van der Waals surface area contributed by atoms with E-state index in [4.69, 9.17) is 9.47 Å². The Morgan fingerprint density at radius 1 is 1.00 bits per heavy atom. The first-order chi connectivity index (χ1) is 12.1. The smallest absolute Gasteiger partial charge is 0.344 e. The third kappa shape index (κ3) is 4.83. The minimum atomic E-state index is -0.570. The lowest BCUT2D eigenvalue weighted by Crippen LogP contribution is -2.23. The van der Waals surface area contributed by atoms with Gasteiger partial charge >= 0.3 is 5.97 Å². The molecular formula is C20H21NO4. The molecule has 0 saturated heterocycles. The normalized spacial score (nSPS) is 12.4. The fourth-order valence-corrected chi connectivity index (χ4v) is 2.80. The lowest BCUT2D eigenvalue weighted by molar-refractivity contribution is -0.149. The van der Waals surface area contributed by atoms with E-state index < -0.39 is 5.97 Å². The van der Waals surface area contributed by atoms with Crippen molar-refractivity contribution in [2.45, 2.75) is 26.2 Å². The SMILES string of the molecule is Cc1ccc(NC(=O)COC(=O)COc2ccc3c(c2)CCC3)cc1. The Morgan fingerprint density at radius 3 is 2.56 bits per heavy atom. The molecule has 3 rings (SSSR count). The van der Waals surface area contributed by atoms with Crippen molar-refractivity contribution in [1.82, 2.24) is 0 Å². The van der Waals surface area contributed by atoms with Crippen LogP contribution in [0.3, 0.4) is 0 Å². The zero-order chi connectivity index (χ0) is 17.6. The number of rotatable bonds is 6. The molecule has 1 amide bonds. The van der Waals surface area contributed by atoms with E-state index in [-0.39, 0.29) is 19.1 Å². The molecule has 25 heavy (non-hydrogen) atoms. The lowest BCUT2D eigenvalue weighted by atomic mass is 10.1. The molecule has 0 atom stereocenters. The average Bonchev–Trinajstić information content (AvgIpc) is 3.08. The number of hydrogen-bond donors (Lipinski definition) is 1. The molecule has 0 aromatic heterocycles. The number of fused-ring (bicyclic) bond motifs is 1. The van der Waals surface area contributed by atoms with Gasteiger partial charge in [0.25, 0.3) is 5.91 Å². The molecule has 1 aliphatic rings. The molecule has 1 N–H and O–H groups in total. The molecule has 0 fully saturated rings. The number of ether oxygens (including phenoxy) is 2. The first-order valence-electron chi connectivity index (χ1n) is 8.37. The van der Waals surface area contributed by atoms with E-state index in [1.807, 2.05) is 37.3 Å². The fraction of sp³-hybridized carbons (Fsp3) is 0.300. The minimum absolute atomic E-state index is 0.212. The van der Waals surface area contributed by atoms with E-state index >= 15 is 0 Å². The summed E-state index contributed by atoms with van der Waals surface area (Å²) in [7, 11) is 0. The molecule has 2 aromatic carbocycles.